The highest BCUT2D eigenvalue weighted by atomic mass is 16.3. The summed E-state index contributed by atoms with van der Waals surface area (Å²) in [5, 5.41) is 12.5. The summed E-state index contributed by atoms with van der Waals surface area (Å²) in [5.41, 5.74) is 1.54. The number of hydrogen-bond donors (Lipinski definition) is 2. The monoisotopic (exact) mass is 333 g/mol. The smallest absolute Gasteiger partial charge is 0.224 e. The van der Waals surface area contributed by atoms with E-state index in [4.69, 9.17) is 0 Å². The van der Waals surface area contributed by atoms with Crippen molar-refractivity contribution in [1.82, 2.24) is 0 Å². The van der Waals surface area contributed by atoms with Crippen LogP contribution in [-0.4, -0.2) is 11.0 Å². The lowest BCUT2D eigenvalue weighted by atomic mass is 10.1. The normalized spacial score (nSPS) is 10.8. The van der Waals surface area contributed by atoms with Gasteiger partial charge < -0.3 is 10.4 Å². The van der Waals surface area contributed by atoms with Crippen LogP contribution in [-0.2, 0) is 4.79 Å². The van der Waals surface area contributed by atoms with Crippen molar-refractivity contribution in [3.8, 4) is 5.75 Å². The minimum atomic E-state index is -0.00757. The summed E-state index contributed by atoms with van der Waals surface area (Å²) in [7, 11) is 0. The maximum atomic E-state index is 11.9. The third-order valence-electron chi connectivity index (χ3n) is 4.43. The first-order valence-corrected chi connectivity index (χ1v) is 9.73. The second-order valence-corrected chi connectivity index (χ2v) is 6.85. The summed E-state index contributed by atoms with van der Waals surface area (Å²) in [6, 6.07) is 5.25. The van der Waals surface area contributed by atoms with Crippen molar-refractivity contribution in [2.24, 2.45) is 0 Å². The summed E-state index contributed by atoms with van der Waals surface area (Å²) in [5.74, 6) is 0.125. The van der Waals surface area contributed by atoms with Crippen LogP contribution in [0.2, 0.25) is 0 Å². The van der Waals surface area contributed by atoms with Crippen molar-refractivity contribution in [2.45, 2.75) is 90.9 Å². The quantitative estimate of drug-likeness (QED) is 0.327. The number of benzene rings is 1. The van der Waals surface area contributed by atoms with Crippen LogP contribution in [0, 0.1) is 6.92 Å². The predicted molar refractivity (Wildman–Crippen MR) is 103 cm³/mol. The van der Waals surface area contributed by atoms with Gasteiger partial charge in [0, 0.05) is 6.42 Å². The maximum absolute atomic E-state index is 11.9. The van der Waals surface area contributed by atoms with E-state index in [2.05, 4.69) is 12.2 Å². The molecule has 1 aromatic rings. The summed E-state index contributed by atoms with van der Waals surface area (Å²) < 4.78 is 0. The fraction of sp³-hybridized carbons (Fsp3) is 0.667. The Morgan fingerprint density at radius 2 is 1.46 bits per heavy atom. The molecule has 3 nitrogen and oxygen atoms in total. The van der Waals surface area contributed by atoms with Crippen LogP contribution in [0.25, 0.3) is 0 Å². The Bertz CT molecular complexity index is 471. The first-order valence-electron chi connectivity index (χ1n) is 9.73. The Labute approximate surface area is 147 Å². The Hall–Kier alpha value is -1.51. The Kier molecular flexibility index (Phi) is 11.0. The molecule has 24 heavy (non-hydrogen) atoms. The maximum Gasteiger partial charge on any atom is 0.224 e. The van der Waals surface area contributed by atoms with E-state index in [1.165, 1.54) is 57.8 Å². The number of amides is 1. The van der Waals surface area contributed by atoms with Gasteiger partial charge in [-0.05, 0) is 31.0 Å². The molecule has 0 spiro atoms. The summed E-state index contributed by atoms with van der Waals surface area (Å²) in [4.78, 5) is 11.9. The topological polar surface area (TPSA) is 49.3 Å². The molecule has 0 saturated heterocycles. The highest BCUT2D eigenvalue weighted by molar-refractivity contribution is 5.92. The second-order valence-electron chi connectivity index (χ2n) is 6.85. The summed E-state index contributed by atoms with van der Waals surface area (Å²) >= 11 is 0. The first-order chi connectivity index (χ1) is 11.6. The Balaban J connectivity index is 1.99. The van der Waals surface area contributed by atoms with Gasteiger partial charge in [-0.1, -0.05) is 77.2 Å². The molecule has 0 aromatic heterocycles. The van der Waals surface area contributed by atoms with Crippen LogP contribution in [0.15, 0.2) is 18.2 Å². The number of phenols is 1. The molecule has 136 valence electrons. The Morgan fingerprint density at radius 1 is 0.917 bits per heavy atom. The van der Waals surface area contributed by atoms with E-state index in [-0.39, 0.29) is 11.7 Å². The lowest BCUT2D eigenvalue weighted by Crippen LogP contribution is -2.11. The molecule has 0 aliphatic heterocycles. The lowest BCUT2D eigenvalue weighted by molar-refractivity contribution is -0.116. The third-order valence-corrected chi connectivity index (χ3v) is 4.43. The van der Waals surface area contributed by atoms with Crippen LogP contribution < -0.4 is 5.32 Å². The number of rotatable bonds is 13. The number of nitrogens with one attached hydrogen (secondary N) is 1. The molecule has 1 amide bonds. The van der Waals surface area contributed by atoms with E-state index < -0.39 is 0 Å². The lowest BCUT2D eigenvalue weighted by Gasteiger charge is -2.08. The number of carbonyl (C=O) groups is 1. The van der Waals surface area contributed by atoms with Crippen molar-refractivity contribution in [3.05, 3.63) is 23.8 Å². The molecule has 1 aromatic carbocycles. The van der Waals surface area contributed by atoms with Gasteiger partial charge in [-0.2, -0.15) is 0 Å². The van der Waals surface area contributed by atoms with Crippen molar-refractivity contribution in [2.75, 3.05) is 5.32 Å². The molecule has 0 heterocycles. The molecule has 1 rings (SSSR count). The van der Waals surface area contributed by atoms with E-state index in [9.17, 15) is 9.90 Å². The van der Waals surface area contributed by atoms with Crippen molar-refractivity contribution in [3.63, 3.8) is 0 Å². The molecule has 0 bridgehead atoms. The zero-order chi connectivity index (χ0) is 17.6. The molecular weight excluding hydrogens is 298 g/mol. The van der Waals surface area contributed by atoms with Gasteiger partial charge in [0.25, 0.3) is 0 Å². The van der Waals surface area contributed by atoms with Gasteiger partial charge in [0.15, 0.2) is 0 Å². The number of anilines is 1. The van der Waals surface area contributed by atoms with Gasteiger partial charge in [-0.3, -0.25) is 4.79 Å². The van der Waals surface area contributed by atoms with Gasteiger partial charge in [0.1, 0.15) is 5.75 Å². The molecule has 0 saturated carbocycles. The fourth-order valence-corrected chi connectivity index (χ4v) is 2.91. The third kappa shape index (κ3) is 9.59. The number of unbranched alkanes of at least 4 members (excludes halogenated alkanes) is 10. The molecule has 0 aliphatic rings. The molecular formula is C21H35NO2. The molecule has 2 N–H and O–H groups in total. The van der Waals surface area contributed by atoms with E-state index >= 15 is 0 Å². The summed E-state index contributed by atoms with van der Waals surface area (Å²) in [6.45, 7) is 4.20. The van der Waals surface area contributed by atoms with Crippen LogP contribution in [0.1, 0.15) is 89.5 Å². The van der Waals surface area contributed by atoms with E-state index in [0.717, 1.165) is 18.4 Å². The molecule has 3 heteroatoms. The average Bonchev–Trinajstić information content (AvgIpc) is 2.56. The highest BCUT2D eigenvalue weighted by Gasteiger charge is 2.06. The van der Waals surface area contributed by atoms with Crippen LogP contribution in [0.5, 0.6) is 5.75 Å². The van der Waals surface area contributed by atoms with Gasteiger partial charge in [0.05, 0.1) is 5.69 Å². The molecule has 0 radical (unpaired) electrons. The summed E-state index contributed by atoms with van der Waals surface area (Å²) in [6.07, 6.45) is 14.6. The molecule has 0 unspecified atom stereocenters. The Morgan fingerprint density at radius 3 is 2.04 bits per heavy atom. The molecule has 0 aliphatic carbocycles. The average molecular weight is 334 g/mol. The van der Waals surface area contributed by atoms with E-state index in [1.54, 1.807) is 12.1 Å². The number of aryl methyl sites for hydroxylation is 1. The van der Waals surface area contributed by atoms with Crippen LogP contribution >= 0.6 is 0 Å². The highest BCUT2D eigenvalue weighted by Crippen LogP contribution is 2.24. The molecule has 0 fully saturated rings. The molecule has 0 atom stereocenters. The van der Waals surface area contributed by atoms with Gasteiger partial charge in [-0.25, -0.2) is 0 Å². The van der Waals surface area contributed by atoms with Crippen molar-refractivity contribution < 1.29 is 9.90 Å². The van der Waals surface area contributed by atoms with Crippen molar-refractivity contribution >= 4 is 11.6 Å². The minimum Gasteiger partial charge on any atom is -0.506 e. The van der Waals surface area contributed by atoms with Gasteiger partial charge in [-0.15, -0.1) is 0 Å². The van der Waals surface area contributed by atoms with Gasteiger partial charge >= 0.3 is 0 Å². The fourth-order valence-electron chi connectivity index (χ4n) is 2.91. The number of hydrogen-bond acceptors (Lipinski definition) is 2. The minimum absolute atomic E-state index is 0.00757. The zero-order valence-corrected chi connectivity index (χ0v) is 15.6. The van der Waals surface area contributed by atoms with E-state index in [0.29, 0.717) is 12.1 Å². The zero-order valence-electron chi connectivity index (χ0n) is 15.6. The predicted octanol–water partition coefficient (Wildman–Crippen LogP) is 6.34. The number of phenolic OH excluding ortho intramolecular Hbond substituents is 1. The largest absolute Gasteiger partial charge is 0.506 e. The second kappa shape index (κ2) is 12.9. The van der Waals surface area contributed by atoms with E-state index in [1.807, 2.05) is 13.0 Å². The SMILES string of the molecule is CCCCCCCCCCCCCC(=O)Nc1cc(C)ccc1O. The van der Waals surface area contributed by atoms with Gasteiger partial charge in [0.2, 0.25) is 5.91 Å². The number of carbonyl (C=O) groups excluding carboxylic acids is 1. The standard InChI is InChI=1S/C21H35NO2/c1-3-4-5-6-7-8-9-10-11-12-13-14-21(24)22-19-17-18(2)15-16-20(19)23/h15-17,23H,3-14H2,1-2H3,(H,22,24). The first kappa shape index (κ1) is 20.5. The van der Waals surface area contributed by atoms with Crippen LogP contribution in [0.3, 0.4) is 0 Å². The van der Waals surface area contributed by atoms with Crippen LogP contribution in [0.4, 0.5) is 5.69 Å². The number of aromatic hydroxyl groups is 1. The van der Waals surface area contributed by atoms with Crippen molar-refractivity contribution in [1.29, 1.82) is 0 Å².